The largest absolute Gasteiger partial charge is 0.481 e. The second kappa shape index (κ2) is 6.62. The molecule has 1 unspecified atom stereocenters. The topological polar surface area (TPSA) is 84.2 Å². The maximum absolute atomic E-state index is 12.3. The Labute approximate surface area is 132 Å². The quantitative estimate of drug-likeness (QED) is 0.885. The molecule has 2 N–H and O–H groups in total. The fraction of sp³-hybridized carbons (Fsp3) is 0.267. The molecule has 1 aromatic heterocycles. The number of amides is 1. The van der Waals surface area contributed by atoms with Crippen molar-refractivity contribution in [2.75, 3.05) is 0 Å². The fourth-order valence-electron chi connectivity index (χ4n) is 2.23. The average molecular weight is 322 g/mol. The predicted octanol–water partition coefficient (Wildman–Crippen LogP) is 2.33. The van der Waals surface area contributed by atoms with Crippen LogP contribution in [-0.4, -0.2) is 26.8 Å². The number of aryl methyl sites for hydroxylation is 2. The number of carboxylic acid groups (broad SMARTS) is 1. The number of carbonyl (C=O) groups is 2. The molecule has 0 spiro atoms. The van der Waals surface area contributed by atoms with Gasteiger partial charge in [-0.25, -0.2) is 0 Å². The van der Waals surface area contributed by atoms with E-state index in [2.05, 4.69) is 10.4 Å². The van der Waals surface area contributed by atoms with Gasteiger partial charge in [-0.2, -0.15) is 5.10 Å². The zero-order valence-corrected chi connectivity index (χ0v) is 13.0. The van der Waals surface area contributed by atoms with Crippen LogP contribution in [0.2, 0.25) is 5.02 Å². The third-order valence-corrected chi connectivity index (χ3v) is 3.54. The first-order valence-corrected chi connectivity index (χ1v) is 7.04. The number of carboxylic acids is 1. The number of rotatable bonds is 5. The Bertz CT molecular complexity index is 712. The molecule has 0 radical (unpaired) electrons. The first kappa shape index (κ1) is 16.0. The molecule has 2 rings (SSSR count). The monoisotopic (exact) mass is 321 g/mol. The molecule has 0 aliphatic carbocycles. The van der Waals surface area contributed by atoms with Crippen LogP contribution in [0.5, 0.6) is 0 Å². The van der Waals surface area contributed by atoms with Crippen molar-refractivity contribution in [3.05, 3.63) is 52.3 Å². The summed E-state index contributed by atoms with van der Waals surface area (Å²) in [5, 5.41) is 16.3. The van der Waals surface area contributed by atoms with Crippen LogP contribution < -0.4 is 5.32 Å². The Morgan fingerprint density at radius 1 is 1.41 bits per heavy atom. The van der Waals surface area contributed by atoms with Crippen molar-refractivity contribution in [1.82, 2.24) is 15.1 Å². The van der Waals surface area contributed by atoms with E-state index in [1.807, 2.05) is 0 Å². The SMILES string of the molecule is Cc1cc(C(=O)NC(CC(=O)O)c2ccccc2Cl)n(C)n1. The van der Waals surface area contributed by atoms with Crippen LogP contribution in [0.15, 0.2) is 30.3 Å². The third-order valence-electron chi connectivity index (χ3n) is 3.20. The van der Waals surface area contributed by atoms with E-state index in [1.54, 1.807) is 44.3 Å². The molecule has 1 amide bonds. The Balaban J connectivity index is 2.27. The number of aliphatic carboxylic acids is 1. The van der Waals surface area contributed by atoms with Crippen LogP contribution in [0, 0.1) is 6.92 Å². The van der Waals surface area contributed by atoms with Gasteiger partial charge in [0.1, 0.15) is 5.69 Å². The molecule has 116 valence electrons. The van der Waals surface area contributed by atoms with Gasteiger partial charge in [0, 0.05) is 12.1 Å². The van der Waals surface area contributed by atoms with Crippen molar-refractivity contribution in [1.29, 1.82) is 0 Å². The first-order chi connectivity index (χ1) is 10.4. The summed E-state index contributed by atoms with van der Waals surface area (Å²) in [6.07, 6.45) is -0.258. The number of aromatic nitrogens is 2. The van der Waals surface area contributed by atoms with Crippen molar-refractivity contribution < 1.29 is 14.7 Å². The molecule has 1 aromatic carbocycles. The summed E-state index contributed by atoms with van der Waals surface area (Å²) < 4.78 is 1.45. The molecule has 6 nitrogen and oxygen atoms in total. The summed E-state index contributed by atoms with van der Waals surface area (Å²) in [5.74, 6) is -1.42. The number of benzene rings is 1. The fourth-order valence-corrected chi connectivity index (χ4v) is 2.49. The van der Waals surface area contributed by atoms with Crippen molar-refractivity contribution in [2.24, 2.45) is 7.05 Å². The van der Waals surface area contributed by atoms with Crippen molar-refractivity contribution >= 4 is 23.5 Å². The molecule has 0 aliphatic heterocycles. The lowest BCUT2D eigenvalue weighted by molar-refractivity contribution is -0.137. The summed E-state index contributed by atoms with van der Waals surface area (Å²) in [4.78, 5) is 23.4. The van der Waals surface area contributed by atoms with E-state index in [1.165, 1.54) is 4.68 Å². The van der Waals surface area contributed by atoms with Gasteiger partial charge in [0.05, 0.1) is 18.2 Å². The lowest BCUT2D eigenvalue weighted by Crippen LogP contribution is -2.31. The van der Waals surface area contributed by atoms with E-state index in [0.29, 0.717) is 22.0 Å². The standard InChI is InChI=1S/C15H16ClN3O3/c1-9-7-13(19(2)18-9)15(22)17-12(8-14(20)21)10-5-3-4-6-11(10)16/h3-7,12H,8H2,1-2H3,(H,17,22)(H,20,21). The Morgan fingerprint density at radius 2 is 2.09 bits per heavy atom. The molecule has 22 heavy (non-hydrogen) atoms. The summed E-state index contributed by atoms with van der Waals surface area (Å²) in [6.45, 7) is 1.78. The van der Waals surface area contributed by atoms with Crippen LogP contribution in [0.3, 0.4) is 0 Å². The Kier molecular flexibility index (Phi) is 4.82. The Hall–Kier alpha value is -2.34. The van der Waals surface area contributed by atoms with Gasteiger partial charge in [-0.1, -0.05) is 29.8 Å². The summed E-state index contributed by atoms with van der Waals surface area (Å²) in [7, 11) is 1.66. The van der Waals surface area contributed by atoms with Gasteiger partial charge >= 0.3 is 5.97 Å². The first-order valence-electron chi connectivity index (χ1n) is 6.66. The molecular formula is C15H16ClN3O3. The normalized spacial score (nSPS) is 12.0. The second-order valence-corrected chi connectivity index (χ2v) is 5.35. The van der Waals surface area contributed by atoms with Gasteiger partial charge in [-0.15, -0.1) is 0 Å². The van der Waals surface area contributed by atoms with Gasteiger partial charge < -0.3 is 10.4 Å². The minimum absolute atomic E-state index is 0.258. The number of hydrogen-bond acceptors (Lipinski definition) is 3. The number of carbonyl (C=O) groups excluding carboxylic acids is 1. The van der Waals surface area contributed by atoms with Crippen molar-refractivity contribution in [3.63, 3.8) is 0 Å². The van der Waals surface area contributed by atoms with E-state index >= 15 is 0 Å². The van der Waals surface area contributed by atoms with E-state index in [-0.39, 0.29) is 6.42 Å². The molecule has 0 fully saturated rings. The third kappa shape index (κ3) is 3.65. The van der Waals surface area contributed by atoms with E-state index < -0.39 is 17.9 Å². The zero-order valence-electron chi connectivity index (χ0n) is 12.2. The van der Waals surface area contributed by atoms with Gasteiger partial charge in [0.2, 0.25) is 0 Å². The maximum atomic E-state index is 12.3. The van der Waals surface area contributed by atoms with Crippen LogP contribution >= 0.6 is 11.6 Å². The highest BCUT2D eigenvalue weighted by molar-refractivity contribution is 6.31. The smallest absolute Gasteiger partial charge is 0.305 e. The van der Waals surface area contributed by atoms with Gasteiger partial charge in [0.15, 0.2) is 0 Å². The molecule has 0 saturated carbocycles. The molecule has 1 heterocycles. The highest BCUT2D eigenvalue weighted by atomic mass is 35.5. The number of hydrogen-bond donors (Lipinski definition) is 2. The molecular weight excluding hydrogens is 306 g/mol. The molecule has 0 bridgehead atoms. The lowest BCUT2D eigenvalue weighted by Gasteiger charge is -2.18. The van der Waals surface area contributed by atoms with Crippen LogP contribution in [-0.2, 0) is 11.8 Å². The molecule has 0 saturated heterocycles. The second-order valence-electron chi connectivity index (χ2n) is 4.94. The van der Waals surface area contributed by atoms with Crippen molar-refractivity contribution in [3.8, 4) is 0 Å². The minimum Gasteiger partial charge on any atom is -0.481 e. The highest BCUT2D eigenvalue weighted by Crippen LogP contribution is 2.25. The molecule has 1 atom stereocenters. The highest BCUT2D eigenvalue weighted by Gasteiger charge is 2.22. The van der Waals surface area contributed by atoms with Crippen molar-refractivity contribution in [2.45, 2.75) is 19.4 Å². The minimum atomic E-state index is -1.02. The number of nitrogens with one attached hydrogen (secondary N) is 1. The Morgan fingerprint density at radius 3 is 2.64 bits per heavy atom. The number of halogens is 1. The van der Waals surface area contributed by atoms with Crippen LogP contribution in [0.4, 0.5) is 0 Å². The zero-order chi connectivity index (χ0) is 16.3. The van der Waals surface area contributed by atoms with Crippen LogP contribution in [0.25, 0.3) is 0 Å². The van der Waals surface area contributed by atoms with E-state index in [4.69, 9.17) is 16.7 Å². The van der Waals surface area contributed by atoms with E-state index in [0.717, 1.165) is 0 Å². The van der Waals surface area contributed by atoms with Gasteiger partial charge in [-0.05, 0) is 24.6 Å². The summed E-state index contributed by atoms with van der Waals surface area (Å²) >= 11 is 6.11. The lowest BCUT2D eigenvalue weighted by atomic mass is 10.0. The number of nitrogens with zero attached hydrogens (tertiary/aromatic N) is 2. The van der Waals surface area contributed by atoms with E-state index in [9.17, 15) is 9.59 Å². The molecule has 7 heteroatoms. The summed E-state index contributed by atoms with van der Waals surface area (Å²) in [6, 6.07) is 7.78. The van der Waals surface area contributed by atoms with Gasteiger partial charge in [0.25, 0.3) is 5.91 Å². The summed E-state index contributed by atoms with van der Waals surface area (Å²) in [5.41, 5.74) is 1.64. The maximum Gasteiger partial charge on any atom is 0.305 e. The van der Waals surface area contributed by atoms with Gasteiger partial charge in [-0.3, -0.25) is 14.3 Å². The average Bonchev–Trinajstić information content (AvgIpc) is 2.77. The predicted molar refractivity (Wildman–Crippen MR) is 81.9 cm³/mol. The molecule has 0 aliphatic rings. The van der Waals surface area contributed by atoms with Crippen LogP contribution in [0.1, 0.15) is 34.2 Å². The molecule has 2 aromatic rings.